The summed E-state index contributed by atoms with van der Waals surface area (Å²) in [6.07, 6.45) is 6.00. The Balaban J connectivity index is 2.36. The van der Waals surface area contributed by atoms with Crippen molar-refractivity contribution in [1.82, 2.24) is 0 Å². The van der Waals surface area contributed by atoms with Gasteiger partial charge in [-0.15, -0.1) is 0 Å². The minimum absolute atomic E-state index is 0.586. The molecule has 0 spiro atoms. The average molecular weight is 210 g/mol. The van der Waals surface area contributed by atoms with E-state index in [4.69, 9.17) is 14.3 Å². The molecule has 0 unspecified atom stereocenters. The van der Waals surface area contributed by atoms with Crippen molar-refractivity contribution in [2.24, 2.45) is 0 Å². The fourth-order valence-electron chi connectivity index (χ4n) is 1.62. The highest BCUT2D eigenvalue weighted by atomic mass is 31.2. The minimum Gasteiger partial charge on any atom is -0.427 e. The summed E-state index contributed by atoms with van der Waals surface area (Å²) in [6.45, 7) is 0. The summed E-state index contributed by atoms with van der Waals surface area (Å²) in [4.78, 5) is 17.6. The molecular weight excluding hydrogens is 199 g/mol. The summed E-state index contributed by atoms with van der Waals surface area (Å²) in [5.74, 6) is 0.586. The van der Waals surface area contributed by atoms with E-state index in [1.165, 1.54) is 0 Å². The Kier molecular flexibility index (Phi) is 2.82. The molecule has 1 aromatic carbocycles. The van der Waals surface area contributed by atoms with Crippen LogP contribution in [0.25, 0.3) is 6.08 Å². The molecule has 14 heavy (non-hydrogen) atoms. The fourth-order valence-corrected chi connectivity index (χ4v) is 1.96. The average Bonchev–Trinajstić information content (AvgIpc) is 2.18. The van der Waals surface area contributed by atoms with Crippen LogP contribution in [-0.2, 0) is 6.42 Å². The third-order valence-electron chi connectivity index (χ3n) is 2.21. The maximum absolute atomic E-state index is 8.79. The van der Waals surface area contributed by atoms with Crippen LogP contribution in [0.2, 0.25) is 0 Å². The molecule has 74 valence electrons. The highest BCUT2D eigenvalue weighted by Gasteiger charge is 2.12. The van der Waals surface area contributed by atoms with Gasteiger partial charge in [0.25, 0.3) is 0 Å². The second-order valence-electron chi connectivity index (χ2n) is 3.11. The fraction of sp³-hybridized carbons (Fsp3) is 0.200. The molecule has 1 aliphatic carbocycles. The first kappa shape index (κ1) is 9.66. The van der Waals surface area contributed by atoms with Gasteiger partial charge in [-0.25, -0.2) is 0 Å². The van der Waals surface area contributed by atoms with Gasteiger partial charge < -0.3 is 14.3 Å². The number of fused-ring (bicyclic) bond motifs is 1. The lowest BCUT2D eigenvalue weighted by Crippen LogP contribution is -1.98. The zero-order valence-corrected chi connectivity index (χ0v) is 8.45. The number of allylic oxidation sites excluding steroid dienone is 1. The van der Waals surface area contributed by atoms with E-state index < -0.39 is 8.60 Å². The quantitative estimate of drug-likeness (QED) is 0.736. The largest absolute Gasteiger partial charge is 0.427 e. The number of hydrogen-bond donors (Lipinski definition) is 2. The van der Waals surface area contributed by atoms with Gasteiger partial charge in [-0.3, -0.25) is 0 Å². The standard InChI is InChI=1S/C10H11O3P/c11-14(12)13-10-7-3-5-8-4-1-2-6-9(8)10/h1,3-5,7,11-12H,2,6H2. The molecule has 0 radical (unpaired) electrons. The summed E-state index contributed by atoms with van der Waals surface area (Å²) in [6, 6.07) is 5.61. The van der Waals surface area contributed by atoms with E-state index >= 15 is 0 Å². The van der Waals surface area contributed by atoms with E-state index in [1.54, 1.807) is 6.07 Å². The van der Waals surface area contributed by atoms with Crippen LogP contribution in [0.15, 0.2) is 24.3 Å². The van der Waals surface area contributed by atoms with Crippen molar-refractivity contribution in [2.75, 3.05) is 0 Å². The predicted molar refractivity (Wildman–Crippen MR) is 55.8 cm³/mol. The Hall–Kier alpha value is -0.890. The van der Waals surface area contributed by atoms with Crippen molar-refractivity contribution >= 4 is 14.7 Å². The molecule has 1 aromatic rings. The van der Waals surface area contributed by atoms with Crippen molar-refractivity contribution in [1.29, 1.82) is 0 Å². The van der Waals surface area contributed by atoms with Crippen LogP contribution >= 0.6 is 8.60 Å². The van der Waals surface area contributed by atoms with E-state index in [0.29, 0.717) is 5.75 Å². The summed E-state index contributed by atoms with van der Waals surface area (Å²) in [5.41, 5.74) is 2.16. The Bertz CT molecular complexity index is 360. The van der Waals surface area contributed by atoms with Gasteiger partial charge in [0.15, 0.2) is 0 Å². The van der Waals surface area contributed by atoms with Crippen molar-refractivity contribution in [2.45, 2.75) is 12.8 Å². The Morgan fingerprint density at radius 1 is 1.29 bits per heavy atom. The lowest BCUT2D eigenvalue weighted by molar-refractivity contribution is 0.373. The molecule has 0 atom stereocenters. The molecule has 3 nitrogen and oxygen atoms in total. The van der Waals surface area contributed by atoms with Crippen molar-refractivity contribution < 1.29 is 14.3 Å². The van der Waals surface area contributed by atoms with Gasteiger partial charge >= 0.3 is 8.60 Å². The van der Waals surface area contributed by atoms with E-state index in [2.05, 4.69) is 6.08 Å². The molecule has 0 bridgehead atoms. The van der Waals surface area contributed by atoms with Crippen molar-refractivity contribution in [3.63, 3.8) is 0 Å². The van der Waals surface area contributed by atoms with Gasteiger partial charge in [-0.1, -0.05) is 24.3 Å². The van der Waals surface area contributed by atoms with Gasteiger partial charge in [0.2, 0.25) is 0 Å². The predicted octanol–water partition coefficient (Wildman–Crippen LogP) is 2.24. The minimum atomic E-state index is -2.32. The number of hydrogen-bond acceptors (Lipinski definition) is 3. The Morgan fingerprint density at radius 2 is 2.14 bits per heavy atom. The second kappa shape index (κ2) is 4.09. The maximum atomic E-state index is 8.79. The molecule has 0 fully saturated rings. The van der Waals surface area contributed by atoms with Crippen LogP contribution < -0.4 is 4.52 Å². The molecular formula is C10H11O3P. The smallest absolute Gasteiger partial charge is 0.391 e. The monoisotopic (exact) mass is 210 g/mol. The van der Waals surface area contributed by atoms with E-state index in [1.807, 2.05) is 18.2 Å². The first-order chi connectivity index (χ1) is 6.77. The van der Waals surface area contributed by atoms with Crippen LogP contribution in [-0.4, -0.2) is 9.79 Å². The highest BCUT2D eigenvalue weighted by Crippen LogP contribution is 2.35. The van der Waals surface area contributed by atoms with Gasteiger partial charge in [-0.05, 0) is 24.5 Å². The normalized spacial score (nSPS) is 14.2. The van der Waals surface area contributed by atoms with Gasteiger partial charge in [0.05, 0.1) is 0 Å². The van der Waals surface area contributed by atoms with E-state index in [0.717, 1.165) is 24.0 Å². The molecule has 0 aromatic heterocycles. The molecule has 0 heterocycles. The maximum Gasteiger partial charge on any atom is 0.391 e. The number of rotatable bonds is 2. The molecule has 0 saturated heterocycles. The molecule has 2 N–H and O–H groups in total. The first-order valence-corrected chi connectivity index (χ1v) is 5.58. The second-order valence-corrected chi connectivity index (χ2v) is 3.80. The number of benzene rings is 1. The molecule has 4 heteroatoms. The summed E-state index contributed by atoms with van der Waals surface area (Å²) in [5, 5.41) is 0. The van der Waals surface area contributed by atoms with Crippen LogP contribution in [0.3, 0.4) is 0 Å². The molecule has 0 saturated carbocycles. The molecule has 2 rings (SSSR count). The van der Waals surface area contributed by atoms with Crippen LogP contribution in [0.5, 0.6) is 5.75 Å². The van der Waals surface area contributed by atoms with E-state index in [-0.39, 0.29) is 0 Å². The van der Waals surface area contributed by atoms with Crippen LogP contribution in [0, 0.1) is 0 Å². The van der Waals surface area contributed by atoms with Crippen molar-refractivity contribution in [3.05, 3.63) is 35.4 Å². The molecule has 1 aliphatic rings. The SMILES string of the molecule is OP(O)Oc1cccc2c1CCC=C2. The summed E-state index contributed by atoms with van der Waals surface area (Å²) in [7, 11) is -2.32. The molecule has 0 amide bonds. The third kappa shape index (κ3) is 1.95. The third-order valence-corrected chi connectivity index (χ3v) is 2.57. The topological polar surface area (TPSA) is 49.7 Å². The molecule has 0 aliphatic heterocycles. The zero-order valence-electron chi connectivity index (χ0n) is 7.55. The van der Waals surface area contributed by atoms with Gasteiger partial charge in [0, 0.05) is 5.56 Å². The van der Waals surface area contributed by atoms with Gasteiger partial charge in [-0.2, -0.15) is 0 Å². The summed E-state index contributed by atoms with van der Waals surface area (Å²) < 4.78 is 4.95. The Morgan fingerprint density at radius 3 is 2.93 bits per heavy atom. The van der Waals surface area contributed by atoms with Gasteiger partial charge in [0.1, 0.15) is 5.75 Å². The van der Waals surface area contributed by atoms with Crippen LogP contribution in [0.1, 0.15) is 17.5 Å². The first-order valence-electron chi connectivity index (χ1n) is 4.41. The zero-order chi connectivity index (χ0) is 9.97. The lowest BCUT2D eigenvalue weighted by Gasteiger charge is -2.15. The summed E-state index contributed by atoms with van der Waals surface area (Å²) >= 11 is 0. The Labute approximate surface area is 83.7 Å². The van der Waals surface area contributed by atoms with E-state index in [9.17, 15) is 0 Å². The highest BCUT2D eigenvalue weighted by molar-refractivity contribution is 7.39. The lowest BCUT2D eigenvalue weighted by atomic mass is 9.97. The van der Waals surface area contributed by atoms with Crippen molar-refractivity contribution in [3.8, 4) is 5.75 Å². The van der Waals surface area contributed by atoms with Crippen LogP contribution in [0.4, 0.5) is 0 Å².